The third kappa shape index (κ3) is 4.20. The molecule has 0 saturated heterocycles. The van der Waals surface area contributed by atoms with E-state index in [-0.39, 0.29) is 30.9 Å². The summed E-state index contributed by atoms with van der Waals surface area (Å²) in [5, 5.41) is 0.315. The number of ether oxygens (including phenoxy) is 1. The molecule has 0 spiro atoms. The van der Waals surface area contributed by atoms with E-state index in [1.165, 1.54) is 6.07 Å². The van der Waals surface area contributed by atoms with Gasteiger partial charge in [0, 0.05) is 16.6 Å². The molecule has 0 radical (unpaired) electrons. The van der Waals surface area contributed by atoms with Crippen molar-refractivity contribution in [3.05, 3.63) is 88.6 Å². The monoisotopic (exact) mass is 399 g/mol. The highest BCUT2D eigenvalue weighted by molar-refractivity contribution is 6.31. The molecule has 2 aromatic carbocycles. The lowest BCUT2D eigenvalue weighted by Gasteiger charge is -2.22. The van der Waals surface area contributed by atoms with Crippen LogP contribution in [0.25, 0.3) is 0 Å². The molecule has 4 nitrogen and oxygen atoms in total. The van der Waals surface area contributed by atoms with Gasteiger partial charge in [-0.2, -0.15) is 0 Å². The molecule has 1 heterocycles. The summed E-state index contributed by atoms with van der Waals surface area (Å²) in [7, 11) is 0. The maximum atomic E-state index is 14.2. The van der Waals surface area contributed by atoms with Gasteiger partial charge in [-0.3, -0.25) is 4.79 Å². The second kappa shape index (κ2) is 8.07. The molecule has 3 aromatic rings. The van der Waals surface area contributed by atoms with Crippen molar-refractivity contribution in [2.75, 3.05) is 0 Å². The Labute approximate surface area is 167 Å². The van der Waals surface area contributed by atoms with Gasteiger partial charge in [0.2, 0.25) is 0 Å². The molecule has 0 atom stereocenters. The van der Waals surface area contributed by atoms with E-state index >= 15 is 0 Å². The number of hydrogen-bond donors (Lipinski definition) is 0. The first-order valence-corrected chi connectivity index (χ1v) is 9.50. The number of para-hydroxylation sites is 1. The topological polar surface area (TPSA) is 42.7 Å². The van der Waals surface area contributed by atoms with Gasteiger partial charge in [-0.05, 0) is 49.2 Å². The number of carbonyl (C=O) groups is 1. The fraction of sp³-hybridized carbons (Fsp3) is 0.227. The number of amides is 1. The highest BCUT2D eigenvalue weighted by atomic mass is 35.5. The van der Waals surface area contributed by atoms with Gasteiger partial charge in [-0.15, -0.1) is 0 Å². The lowest BCUT2D eigenvalue weighted by Crippen LogP contribution is -2.32. The Kier molecular flexibility index (Phi) is 5.35. The van der Waals surface area contributed by atoms with Crippen molar-refractivity contribution < 1.29 is 18.3 Å². The minimum absolute atomic E-state index is 0.0808. The number of rotatable bonds is 7. The first-order valence-electron chi connectivity index (χ1n) is 9.12. The van der Waals surface area contributed by atoms with E-state index in [2.05, 4.69) is 0 Å². The number of benzene rings is 2. The molecule has 1 aromatic heterocycles. The van der Waals surface area contributed by atoms with Gasteiger partial charge < -0.3 is 14.1 Å². The molecule has 1 aliphatic rings. The van der Waals surface area contributed by atoms with Gasteiger partial charge in [0.1, 0.15) is 23.9 Å². The van der Waals surface area contributed by atoms with E-state index in [9.17, 15) is 9.18 Å². The van der Waals surface area contributed by atoms with Gasteiger partial charge in [0.15, 0.2) is 5.76 Å². The van der Waals surface area contributed by atoms with Crippen LogP contribution in [0, 0.1) is 5.82 Å². The van der Waals surface area contributed by atoms with Crippen molar-refractivity contribution >= 4 is 17.5 Å². The van der Waals surface area contributed by atoms with Gasteiger partial charge in [-0.25, -0.2) is 4.39 Å². The summed E-state index contributed by atoms with van der Waals surface area (Å²) in [5.41, 5.74) is 0.323. The van der Waals surface area contributed by atoms with Crippen LogP contribution in [0.4, 0.5) is 4.39 Å². The molecular formula is C22H19ClFNO3. The summed E-state index contributed by atoms with van der Waals surface area (Å²) in [6.07, 6.45) is 1.78. The molecule has 0 bridgehead atoms. The summed E-state index contributed by atoms with van der Waals surface area (Å²) in [6.45, 7) is 0.339. The molecule has 0 N–H and O–H groups in total. The Balaban J connectivity index is 1.47. The van der Waals surface area contributed by atoms with Crippen LogP contribution < -0.4 is 4.74 Å². The summed E-state index contributed by atoms with van der Waals surface area (Å²) < 4.78 is 25.5. The molecule has 144 valence electrons. The highest BCUT2D eigenvalue weighted by Gasteiger charge is 2.35. The Bertz CT molecular complexity index is 949. The predicted molar refractivity (Wildman–Crippen MR) is 104 cm³/mol. The van der Waals surface area contributed by atoms with Crippen LogP contribution >= 0.6 is 11.6 Å². The zero-order valence-electron chi connectivity index (χ0n) is 15.1. The largest absolute Gasteiger partial charge is 0.486 e. The van der Waals surface area contributed by atoms with Crippen LogP contribution in [0.1, 0.15) is 34.7 Å². The fourth-order valence-corrected chi connectivity index (χ4v) is 3.21. The van der Waals surface area contributed by atoms with Crippen molar-refractivity contribution in [2.24, 2.45) is 0 Å². The van der Waals surface area contributed by atoms with Gasteiger partial charge >= 0.3 is 0 Å². The van der Waals surface area contributed by atoms with Crippen molar-refractivity contribution in [1.29, 1.82) is 0 Å². The van der Waals surface area contributed by atoms with Gasteiger partial charge in [0.05, 0.1) is 6.54 Å². The average molecular weight is 400 g/mol. The number of halogens is 2. The molecule has 4 rings (SSSR count). The maximum Gasteiger partial charge on any atom is 0.290 e. The second-order valence-electron chi connectivity index (χ2n) is 6.73. The summed E-state index contributed by atoms with van der Waals surface area (Å²) in [4.78, 5) is 14.6. The molecule has 1 saturated carbocycles. The zero-order valence-corrected chi connectivity index (χ0v) is 15.9. The summed E-state index contributed by atoms with van der Waals surface area (Å²) in [6, 6.07) is 17.3. The number of hydrogen-bond acceptors (Lipinski definition) is 3. The first kappa shape index (κ1) is 18.6. The normalized spacial score (nSPS) is 13.4. The second-order valence-corrected chi connectivity index (χ2v) is 7.14. The van der Waals surface area contributed by atoms with Crippen molar-refractivity contribution in [2.45, 2.75) is 32.0 Å². The molecule has 0 aliphatic heterocycles. The maximum absolute atomic E-state index is 14.2. The number of carbonyl (C=O) groups excluding carboxylic acids is 1. The molecule has 1 aliphatic carbocycles. The van der Waals surface area contributed by atoms with E-state index in [4.69, 9.17) is 20.8 Å². The van der Waals surface area contributed by atoms with E-state index in [1.807, 2.05) is 30.3 Å². The van der Waals surface area contributed by atoms with E-state index < -0.39 is 5.82 Å². The first-order chi connectivity index (χ1) is 13.6. The minimum atomic E-state index is -0.414. The molecule has 1 fully saturated rings. The lowest BCUT2D eigenvalue weighted by atomic mass is 10.2. The smallest absolute Gasteiger partial charge is 0.290 e. The average Bonchev–Trinajstić information content (AvgIpc) is 3.43. The van der Waals surface area contributed by atoms with E-state index in [0.29, 0.717) is 16.3 Å². The molecule has 0 unspecified atom stereocenters. The van der Waals surface area contributed by atoms with Crippen molar-refractivity contribution in [3.63, 3.8) is 0 Å². The van der Waals surface area contributed by atoms with Crippen molar-refractivity contribution in [3.8, 4) is 5.75 Å². The highest BCUT2D eigenvalue weighted by Crippen LogP contribution is 2.32. The van der Waals surface area contributed by atoms with E-state index in [1.54, 1.807) is 29.2 Å². The third-order valence-electron chi connectivity index (χ3n) is 4.64. The molecular weight excluding hydrogens is 381 g/mol. The fourth-order valence-electron chi connectivity index (χ4n) is 2.99. The SMILES string of the molecule is O=C(c1ccc(COc2ccccc2)o1)N(Cc1c(F)cccc1Cl)C1CC1. The standard InChI is InChI=1S/C22H19ClFNO3/c23-19-7-4-8-20(24)18(19)13-25(15-9-10-15)22(26)21-12-11-17(28-21)14-27-16-5-2-1-3-6-16/h1-8,11-12,15H,9-10,13-14H2. The van der Waals surface area contributed by atoms with Crippen LogP contribution in [0.2, 0.25) is 5.02 Å². The van der Waals surface area contributed by atoms with Crippen LogP contribution in [0.3, 0.4) is 0 Å². The Hall–Kier alpha value is -2.79. The number of furan rings is 1. The van der Waals surface area contributed by atoms with Crippen LogP contribution in [-0.4, -0.2) is 16.8 Å². The van der Waals surface area contributed by atoms with Crippen LogP contribution in [0.15, 0.2) is 65.1 Å². The third-order valence-corrected chi connectivity index (χ3v) is 4.99. The van der Waals surface area contributed by atoms with Gasteiger partial charge in [-0.1, -0.05) is 35.9 Å². The summed E-state index contributed by atoms with van der Waals surface area (Å²) in [5.74, 6) is 0.800. The Morgan fingerprint density at radius 2 is 1.89 bits per heavy atom. The van der Waals surface area contributed by atoms with Gasteiger partial charge in [0.25, 0.3) is 5.91 Å². The summed E-state index contributed by atoms with van der Waals surface area (Å²) >= 11 is 6.14. The Morgan fingerprint density at radius 3 is 2.61 bits per heavy atom. The number of nitrogens with zero attached hydrogens (tertiary/aromatic N) is 1. The lowest BCUT2D eigenvalue weighted by molar-refractivity contribution is 0.0691. The zero-order chi connectivity index (χ0) is 19.5. The van der Waals surface area contributed by atoms with E-state index in [0.717, 1.165) is 18.6 Å². The quantitative estimate of drug-likeness (QED) is 0.530. The molecule has 1 amide bonds. The van der Waals surface area contributed by atoms with Crippen LogP contribution in [0.5, 0.6) is 5.75 Å². The molecule has 28 heavy (non-hydrogen) atoms. The molecule has 6 heteroatoms. The predicted octanol–water partition coefficient (Wildman–Crippen LogP) is 5.46. The van der Waals surface area contributed by atoms with Crippen LogP contribution in [-0.2, 0) is 13.2 Å². The minimum Gasteiger partial charge on any atom is -0.486 e. The van der Waals surface area contributed by atoms with Crippen molar-refractivity contribution in [1.82, 2.24) is 4.90 Å². The Morgan fingerprint density at radius 1 is 1.11 bits per heavy atom.